The van der Waals surface area contributed by atoms with Gasteiger partial charge in [-0.1, -0.05) is 35.9 Å². The van der Waals surface area contributed by atoms with Crippen LogP contribution in [0.4, 0.5) is 0 Å². The van der Waals surface area contributed by atoms with Crippen LogP contribution in [0.2, 0.25) is 5.02 Å². The number of benzene rings is 2. The van der Waals surface area contributed by atoms with Crippen molar-refractivity contribution in [2.75, 3.05) is 20.2 Å². The molecule has 0 fully saturated rings. The van der Waals surface area contributed by atoms with Crippen molar-refractivity contribution < 1.29 is 14.3 Å². The van der Waals surface area contributed by atoms with Crippen molar-refractivity contribution >= 4 is 23.4 Å². The Balaban J connectivity index is 2.33. The summed E-state index contributed by atoms with van der Waals surface area (Å²) in [4.78, 5) is 23.6. The first kappa shape index (κ1) is 19.8. The zero-order chi connectivity index (χ0) is 19.1. The number of hydrogen-bond acceptors (Lipinski definition) is 4. The number of carbonyl (C=O) groups is 2. The number of nitrogens with one attached hydrogen (secondary N) is 2. The van der Waals surface area contributed by atoms with E-state index in [2.05, 4.69) is 10.6 Å². The molecule has 0 aliphatic heterocycles. The highest BCUT2D eigenvalue weighted by molar-refractivity contribution is 6.31. The number of halogens is 1. The molecule has 1 unspecified atom stereocenters. The number of methoxy groups -OCH3 is 1. The van der Waals surface area contributed by atoms with Gasteiger partial charge < -0.3 is 21.1 Å². The van der Waals surface area contributed by atoms with Gasteiger partial charge >= 0.3 is 0 Å². The van der Waals surface area contributed by atoms with Gasteiger partial charge in [-0.15, -0.1) is 0 Å². The standard InChI is InChI=1S/C19H22ClN3O3/c1-12-9-13(26-2)7-8-14(12)19(15-5-3-4-6-16(15)20)23-18(25)11-22-17(24)10-21/h3-9,19H,10-11,21H2,1-2H3,(H,22,24)(H,23,25). The maximum absolute atomic E-state index is 12.3. The number of carbonyl (C=O) groups excluding carboxylic acids is 2. The van der Waals surface area contributed by atoms with Crippen molar-refractivity contribution in [2.24, 2.45) is 5.73 Å². The predicted octanol–water partition coefficient (Wildman–Crippen LogP) is 1.94. The van der Waals surface area contributed by atoms with Crippen molar-refractivity contribution in [2.45, 2.75) is 13.0 Å². The average Bonchev–Trinajstić information content (AvgIpc) is 2.65. The first-order chi connectivity index (χ1) is 12.5. The van der Waals surface area contributed by atoms with Crippen LogP contribution in [0.5, 0.6) is 5.75 Å². The van der Waals surface area contributed by atoms with Crippen molar-refractivity contribution in [3.05, 3.63) is 64.2 Å². The van der Waals surface area contributed by atoms with Crippen molar-refractivity contribution in [1.82, 2.24) is 10.6 Å². The fourth-order valence-corrected chi connectivity index (χ4v) is 2.84. The minimum absolute atomic E-state index is 0.161. The highest BCUT2D eigenvalue weighted by Gasteiger charge is 2.21. The van der Waals surface area contributed by atoms with Crippen LogP contribution in [0.3, 0.4) is 0 Å². The quantitative estimate of drug-likeness (QED) is 0.689. The summed E-state index contributed by atoms with van der Waals surface area (Å²) in [6.07, 6.45) is 0. The lowest BCUT2D eigenvalue weighted by molar-refractivity contribution is -0.125. The van der Waals surface area contributed by atoms with Crippen LogP contribution >= 0.6 is 11.6 Å². The van der Waals surface area contributed by atoms with Crippen LogP contribution in [0.15, 0.2) is 42.5 Å². The van der Waals surface area contributed by atoms with E-state index in [0.29, 0.717) is 5.02 Å². The van der Waals surface area contributed by atoms with E-state index in [1.807, 2.05) is 43.3 Å². The Hall–Kier alpha value is -2.57. The van der Waals surface area contributed by atoms with Crippen LogP contribution in [-0.2, 0) is 9.59 Å². The lowest BCUT2D eigenvalue weighted by Gasteiger charge is -2.23. The monoisotopic (exact) mass is 375 g/mol. The Morgan fingerprint density at radius 2 is 1.88 bits per heavy atom. The van der Waals surface area contributed by atoms with E-state index >= 15 is 0 Å². The molecule has 0 spiro atoms. The molecule has 0 aliphatic carbocycles. The van der Waals surface area contributed by atoms with Gasteiger partial charge in [-0.3, -0.25) is 9.59 Å². The summed E-state index contributed by atoms with van der Waals surface area (Å²) < 4.78 is 5.24. The molecular formula is C19H22ClN3O3. The number of hydrogen-bond donors (Lipinski definition) is 3. The molecule has 0 aliphatic rings. The van der Waals surface area contributed by atoms with E-state index in [-0.39, 0.29) is 19.0 Å². The van der Waals surface area contributed by atoms with Gasteiger partial charge in [-0.2, -0.15) is 0 Å². The Morgan fingerprint density at radius 1 is 1.15 bits per heavy atom. The Bertz CT molecular complexity index is 795. The molecule has 4 N–H and O–H groups in total. The third-order valence-electron chi connectivity index (χ3n) is 3.94. The van der Waals surface area contributed by atoms with Crippen LogP contribution < -0.4 is 21.1 Å². The normalized spacial score (nSPS) is 11.5. The molecule has 1 atom stereocenters. The van der Waals surface area contributed by atoms with Crippen molar-refractivity contribution in [3.8, 4) is 5.75 Å². The second-order valence-electron chi connectivity index (χ2n) is 5.73. The van der Waals surface area contributed by atoms with E-state index in [9.17, 15) is 9.59 Å². The van der Waals surface area contributed by atoms with Gasteiger partial charge in [0.05, 0.1) is 26.2 Å². The number of ether oxygens (including phenoxy) is 1. The Morgan fingerprint density at radius 3 is 2.50 bits per heavy atom. The molecule has 0 heterocycles. The first-order valence-electron chi connectivity index (χ1n) is 8.11. The summed E-state index contributed by atoms with van der Waals surface area (Å²) >= 11 is 6.35. The smallest absolute Gasteiger partial charge is 0.240 e. The summed E-state index contributed by atoms with van der Waals surface area (Å²) in [7, 11) is 1.60. The summed E-state index contributed by atoms with van der Waals surface area (Å²) in [5.41, 5.74) is 7.83. The molecule has 0 bridgehead atoms. The molecule has 2 aromatic rings. The summed E-state index contributed by atoms with van der Waals surface area (Å²) in [6.45, 7) is 1.61. The fraction of sp³-hybridized carbons (Fsp3) is 0.263. The van der Waals surface area contributed by atoms with Crippen molar-refractivity contribution in [3.63, 3.8) is 0 Å². The van der Waals surface area contributed by atoms with E-state index < -0.39 is 11.9 Å². The summed E-state index contributed by atoms with van der Waals surface area (Å²) in [6, 6.07) is 12.5. The van der Waals surface area contributed by atoms with E-state index in [1.54, 1.807) is 13.2 Å². The van der Waals surface area contributed by atoms with Gasteiger partial charge in [0.1, 0.15) is 5.75 Å². The largest absolute Gasteiger partial charge is 0.497 e. The van der Waals surface area contributed by atoms with E-state index in [0.717, 1.165) is 22.4 Å². The molecule has 0 saturated carbocycles. The predicted molar refractivity (Wildman–Crippen MR) is 101 cm³/mol. The fourth-order valence-electron chi connectivity index (χ4n) is 2.59. The summed E-state index contributed by atoms with van der Waals surface area (Å²) in [5.74, 6) is -0.00676. The van der Waals surface area contributed by atoms with Crippen molar-refractivity contribution in [1.29, 1.82) is 0 Å². The molecular weight excluding hydrogens is 354 g/mol. The van der Waals surface area contributed by atoms with E-state index in [4.69, 9.17) is 22.1 Å². The highest BCUT2D eigenvalue weighted by atomic mass is 35.5. The molecule has 0 aromatic heterocycles. The molecule has 6 nitrogen and oxygen atoms in total. The Kier molecular flexibility index (Phi) is 7.00. The summed E-state index contributed by atoms with van der Waals surface area (Å²) in [5, 5.41) is 5.93. The first-order valence-corrected chi connectivity index (χ1v) is 8.49. The number of aryl methyl sites for hydroxylation is 1. The lowest BCUT2D eigenvalue weighted by atomic mass is 9.94. The highest BCUT2D eigenvalue weighted by Crippen LogP contribution is 2.31. The number of rotatable bonds is 7. The number of amides is 2. The molecule has 7 heteroatoms. The minimum Gasteiger partial charge on any atom is -0.497 e. The van der Waals surface area contributed by atoms with Crippen LogP contribution in [0, 0.1) is 6.92 Å². The zero-order valence-corrected chi connectivity index (χ0v) is 15.5. The van der Waals surface area contributed by atoms with Gasteiger partial charge in [0.2, 0.25) is 11.8 Å². The van der Waals surface area contributed by atoms with Gasteiger partial charge in [0.25, 0.3) is 0 Å². The average molecular weight is 376 g/mol. The molecule has 138 valence electrons. The van der Waals surface area contributed by atoms with Gasteiger partial charge in [0, 0.05) is 5.02 Å². The van der Waals surface area contributed by atoms with Crippen LogP contribution in [0.1, 0.15) is 22.7 Å². The molecule has 0 saturated heterocycles. The molecule has 2 aromatic carbocycles. The molecule has 26 heavy (non-hydrogen) atoms. The van der Waals surface area contributed by atoms with Crippen LogP contribution in [0.25, 0.3) is 0 Å². The third kappa shape index (κ3) is 4.97. The third-order valence-corrected chi connectivity index (χ3v) is 4.29. The minimum atomic E-state index is -0.461. The molecule has 2 rings (SSSR count). The lowest BCUT2D eigenvalue weighted by Crippen LogP contribution is -2.41. The van der Waals surface area contributed by atoms with Crippen LogP contribution in [-0.4, -0.2) is 32.0 Å². The SMILES string of the molecule is COc1ccc(C(NC(=O)CNC(=O)CN)c2ccccc2Cl)c(C)c1. The topological polar surface area (TPSA) is 93.5 Å². The zero-order valence-electron chi connectivity index (χ0n) is 14.7. The Labute approximate surface area is 157 Å². The van der Waals surface area contributed by atoms with E-state index in [1.165, 1.54) is 0 Å². The van der Waals surface area contributed by atoms with Gasteiger partial charge in [-0.25, -0.2) is 0 Å². The maximum Gasteiger partial charge on any atom is 0.240 e. The van der Waals surface area contributed by atoms with Gasteiger partial charge in [-0.05, 0) is 41.8 Å². The molecule has 2 amide bonds. The second kappa shape index (κ2) is 9.22. The second-order valence-corrected chi connectivity index (χ2v) is 6.13. The molecule has 0 radical (unpaired) electrons. The number of nitrogens with two attached hydrogens (primary N) is 1. The van der Waals surface area contributed by atoms with Gasteiger partial charge in [0.15, 0.2) is 0 Å². The maximum atomic E-state index is 12.3.